The van der Waals surface area contributed by atoms with Crippen LogP contribution in [0.2, 0.25) is 0 Å². The Morgan fingerprint density at radius 1 is 1.18 bits per heavy atom. The molecule has 0 aliphatic rings. The first-order valence-corrected chi connectivity index (χ1v) is 5.10. The molecule has 5 nitrogen and oxygen atoms in total. The zero-order chi connectivity index (χ0) is 12.4. The molecule has 1 heterocycles. The highest BCUT2D eigenvalue weighted by atomic mass is 16.5. The van der Waals surface area contributed by atoms with Crippen LogP contribution in [0.25, 0.3) is 11.3 Å². The van der Waals surface area contributed by atoms with E-state index in [0.717, 1.165) is 22.6 Å². The number of anilines is 1. The minimum atomic E-state index is 0.484. The largest absolute Gasteiger partial charge is 0.496 e. The first-order chi connectivity index (χ1) is 8.17. The third-order valence-corrected chi connectivity index (χ3v) is 2.61. The molecule has 0 bridgehead atoms. The lowest BCUT2D eigenvalue weighted by Gasteiger charge is -2.11. The van der Waals surface area contributed by atoms with Gasteiger partial charge in [-0.25, -0.2) is 0 Å². The van der Waals surface area contributed by atoms with Gasteiger partial charge in [-0.15, -0.1) is 0 Å². The third kappa shape index (κ3) is 1.91. The zero-order valence-electron chi connectivity index (χ0n) is 9.98. The molecule has 2 aromatic rings. The van der Waals surface area contributed by atoms with E-state index in [2.05, 4.69) is 5.16 Å². The second-order valence-corrected chi connectivity index (χ2v) is 3.62. The molecule has 0 radical (unpaired) electrons. The van der Waals surface area contributed by atoms with Gasteiger partial charge in [-0.05, 0) is 19.1 Å². The summed E-state index contributed by atoms with van der Waals surface area (Å²) >= 11 is 0. The summed E-state index contributed by atoms with van der Waals surface area (Å²) in [4.78, 5) is 0. The fraction of sp³-hybridized carbons (Fsp3) is 0.250. The van der Waals surface area contributed by atoms with Gasteiger partial charge < -0.3 is 19.7 Å². The highest BCUT2D eigenvalue weighted by Gasteiger charge is 2.14. The van der Waals surface area contributed by atoms with Crippen molar-refractivity contribution in [3.63, 3.8) is 0 Å². The van der Waals surface area contributed by atoms with Crippen LogP contribution in [0.5, 0.6) is 11.5 Å². The van der Waals surface area contributed by atoms with Gasteiger partial charge in [0.05, 0.1) is 20.4 Å². The topological polar surface area (TPSA) is 70.5 Å². The van der Waals surface area contributed by atoms with E-state index in [9.17, 15) is 0 Å². The quantitative estimate of drug-likeness (QED) is 0.881. The van der Waals surface area contributed by atoms with E-state index >= 15 is 0 Å². The van der Waals surface area contributed by atoms with Crippen LogP contribution in [0.3, 0.4) is 0 Å². The van der Waals surface area contributed by atoms with Gasteiger partial charge >= 0.3 is 0 Å². The highest BCUT2D eigenvalue weighted by Crippen LogP contribution is 2.36. The highest BCUT2D eigenvalue weighted by molar-refractivity contribution is 5.73. The van der Waals surface area contributed by atoms with Gasteiger partial charge in [0.2, 0.25) is 0 Å². The van der Waals surface area contributed by atoms with Crippen LogP contribution in [-0.2, 0) is 0 Å². The molecule has 0 spiro atoms. The van der Waals surface area contributed by atoms with Gasteiger partial charge in [0, 0.05) is 11.1 Å². The summed E-state index contributed by atoms with van der Waals surface area (Å²) in [6, 6.07) is 3.68. The minimum absolute atomic E-state index is 0.484. The lowest BCUT2D eigenvalue weighted by atomic mass is 10.1. The molecule has 0 unspecified atom stereocenters. The molecule has 1 aromatic carbocycles. The average Bonchev–Trinajstić information content (AvgIpc) is 2.76. The van der Waals surface area contributed by atoms with Crippen molar-refractivity contribution in [3.05, 3.63) is 23.9 Å². The molecule has 2 N–H and O–H groups in total. The van der Waals surface area contributed by atoms with E-state index in [0.29, 0.717) is 11.4 Å². The van der Waals surface area contributed by atoms with Crippen LogP contribution in [0.15, 0.2) is 22.9 Å². The first kappa shape index (κ1) is 11.3. The number of aromatic nitrogens is 1. The van der Waals surface area contributed by atoms with Crippen molar-refractivity contribution < 1.29 is 14.0 Å². The number of ether oxygens (including phenoxy) is 2. The Morgan fingerprint density at radius 2 is 1.76 bits per heavy atom. The Morgan fingerprint density at radius 3 is 2.18 bits per heavy atom. The van der Waals surface area contributed by atoms with Crippen molar-refractivity contribution in [1.82, 2.24) is 5.16 Å². The summed E-state index contributed by atoms with van der Waals surface area (Å²) in [6.07, 6.45) is 1.47. The van der Waals surface area contributed by atoms with Crippen LogP contribution < -0.4 is 15.2 Å². The number of benzene rings is 1. The zero-order valence-corrected chi connectivity index (χ0v) is 9.98. The monoisotopic (exact) mass is 234 g/mol. The Bertz CT molecular complexity index is 509. The van der Waals surface area contributed by atoms with Gasteiger partial charge in [0.1, 0.15) is 17.2 Å². The second-order valence-electron chi connectivity index (χ2n) is 3.62. The van der Waals surface area contributed by atoms with E-state index in [1.54, 1.807) is 14.2 Å². The molecule has 0 amide bonds. The number of rotatable bonds is 3. The Labute approximate surface area is 99.1 Å². The molecule has 0 aliphatic heterocycles. The molecule has 0 saturated carbocycles. The molecular weight excluding hydrogens is 220 g/mol. The maximum atomic E-state index is 5.76. The van der Waals surface area contributed by atoms with Gasteiger partial charge in [0.25, 0.3) is 0 Å². The summed E-state index contributed by atoms with van der Waals surface area (Å²) in [5.41, 5.74) is 7.94. The molecule has 0 fully saturated rings. The maximum absolute atomic E-state index is 5.76. The molecular formula is C12H14N2O3. The van der Waals surface area contributed by atoms with Crippen molar-refractivity contribution in [2.45, 2.75) is 6.92 Å². The Kier molecular flexibility index (Phi) is 2.91. The number of methoxy groups -OCH3 is 2. The van der Waals surface area contributed by atoms with Gasteiger partial charge in [-0.1, -0.05) is 5.16 Å². The fourth-order valence-corrected chi connectivity index (χ4v) is 1.68. The predicted octanol–water partition coefficient (Wildman–Crippen LogP) is 2.25. The summed E-state index contributed by atoms with van der Waals surface area (Å²) in [7, 11) is 3.21. The summed E-state index contributed by atoms with van der Waals surface area (Å²) < 4.78 is 15.7. The van der Waals surface area contributed by atoms with Gasteiger partial charge in [-0.3, -0.25) is 0 Å². The van der Waals surface area contributed by atoms with Crippen LogP contribution >= 0.6 is 0 Å². The summed E-state index contributed by atoms with van der Waals surface area (Å²) in [5, 5.41) is 3.65. The molecule has 0 aliphatic carbocycles. The standard InChI is InChI=1S/C12H14N2O3/c1-7-10(15-2)4-8(5-11(7)16-3)12-9(13)6-14-17-12/h4-6H,13H2,1-3H3. The lowest BCUT2D eigenvalue weighted by Crippen LogP contribution is -1.94. The van der Waals surface area contributed by atoms with E-state index in [1.807, 2.05) is 19.1 Å². The van der Waals surface area contributed by atoms with Crippen molar-refractivity contribution in [1.29, 1.82) is 0 Å². The predicted molar refractivity (Wildman–Crippen MR) is 64.2 cm³/mol. The van der Waals surface area contributed by atoms with E-state index in [-0.39, 0.29) is 0 Å². The Balaban J connectivity index is 2.60. The minimum Gasteiger partial charge on any atom is -0.496 e. The van der Waals surface area contributed by atoms with Crippen molar-refractivity contribution in [3.8, 4) is 22.8 Å². The number of nitrogens with two attached hydrogens (primary N) is 1. The normalized spacial score (nSPS) is 10.3. The van der Waals surface area contributed by atoms with Gasteiger partial charge in [-0.2, -0.15) is 0 Å². The molecule has 5 heteroatoms. The molecule has 17 heavy (non-hydrogen) atoms. The smallest absolute Gasteiger partial charge is 0.189 e. The van der Waals surface area contributed by atoms with Gasteiger partial charge in [0.15, 0.2) is 5.76 Å². The second kappa shape index (κ2) is 4.37. The number of nitrogen functional groups attached to an aromatic ring is 1. The van der Waals surface area contributed by atoms with E-state index < -0.39 is 0 Å². The molecule has 90 valence electrons. The summed E-state index contributed by atoms with van der Waals surface area (Å²) in [6.45, 7) is 1.92. The number of hydrogen-bond acceptors (Lipinski definition) is 5. The van der Waals surface area contributed by atoms with Crippen molar-refractivity contribution >= 4 is 5.69 Å². The third-order valence-electron chi connectivity index (χ3n) is 2.61. The van der Waals surface area contributed by atoms with Crippen molar-refractivity contribution in [2.75, 3.05) is 20.0 Å². The molecule has 0 saturated heterocycles. The van der Waals surface area contributed by atoms with Crippen LogP contribution in [-0.4, -0.2) is 19.4 Å². The number of nitrogens with zero attached hydrogens (tertiary/aromatic N) is 1. The average molecular weight is 234 g/mol. The molecule has 2 rings (SSSR count). The SMILES string of the molecule is COc1cc(-c2oncc2N)cc(OC)c1C. The Hall–Kier alpha value is -2.17. The van der Waals surface area contributed by atoms with Crippen LogP contribution in [0.4, 0.5) is 5.69 Å². The number of hydrogen-bond donors (Lipinski definition) is 1. The molecule has 0 atom stereocenters. The van der Waals surface area contributed by atoms with E-state index in [1.165, 1.54) is 6.20 Å². The maximum Gasteiger partial charge on any atom is 0.189 e. The lowest BCUT2D eigenvalue weighted by molar-refractivity contribution is 0.388. The van der Waals surface area contributed by atoms with E-state index in [4.69, 9.17) is 19.7 Å². The fourth-order valence-electron chi connectivity index (χ4n) is 1.68. The summed E-state index contributed by atoms with van der Waals surface area (Å²) in [5.74, 6) is 1.95. The van der Waals surface area contributed by atoms with Crippen LogP contribution in [0.1, 0.15) is 5.56 Å². The van der Waals surface area contributed by atoms with Crippen LogP contribution in [0, 0.1) is 6.92 Å². The molecule has 1 aromatic heterocycles. The van der Waals surface area contributed by atoms with Crippen molar-refractivity contribution in [2.24, 2.45) is 0 Å². The first-order valence-electron chi connectivity index (χ1n) is 5.10.